The van der Waals surface area contributed by atoms with Gasteiger partial charge in [0.2, 0.25) is 5.91 Å². The number of carbonyl (C=O) groups excluding carboxylic acids is 1. The molecule has 0 unspecified atom stereocenters. The molecule has 11 heavy (non-hydrogen) atoms. The number of carbonyl (C=O) groups is 1. The van der Waals surface area contributed by atoms with Crippen LogP contribution in [0.2, 0.25) is 0 Å². The maximum Gasteiger partial charge on any atom is 0.239 e. The number of rotatable bonds is 0. The van der Waals surface area contributed by atoms with Gasteiger partial charge < -0.3 is 0 Å². The van der Waals surface area contributed by atoms with Gasteiger partial charge in [0, 0.05) is 13.6 Å². The average Bonchev–Trinajstić information content (AvgIpc) is 2.32. The first kappa shape index (κ1) is 6.97. The quantitative estimate of drug-likeness (QED) is 0.505. The molecule has 1 amide bonds. The Hall–Kier alpha value is -0.710. The number of likely N-dealkylation sites (N-methyl/N-ethyl adjacent to an activating group) is 1. The van der Waals surface area contributed by atoms with Crippen LogP contribution >= 0.6 is 11.8 Å². The number of hydrazone groups is 1. The summed E-state index contributed by atoms with van der Waals surface area (Å²) in [7, 11) is 1.92. The lowest BCUT2D eigenvalue weighted by Crippen LogP contribution is -2.40. The van der Waals surface area contributed by atoms with Gasteiger partial charge in [0.1, 0.15) is 0 Å². The van der Waals surface area contributed by atoms with Crippen molar-refractivity contribution in [3.05, 3.63) is 0 Å². The van der Waals surface area contributed by atoms with Crippen LogP contribution in [0, 0.1) is 0 Å². The molecule has 0 spiro atoms. The zero-order valence-electron chi connectivity index (χ0n) is 6.28. The zero-order valence-corrected chi connectivity index (χ0v) is 7.10. The fourth-order valence-electron chi connectivity index (χ4n) is 1.13. The van der Waals surface area contributed by atoms with Crippen molar-refractivity contribution in [2.75, 3.05) is 25.9 Å². The highest BCUT2D eigenvalue weighted by molar-refractivity contribution is 8.15. The Kier molecular flexibility index (Phi) is 1.52. The molecule has 0 N–H and O–H groups in total. The van der Waals surface area contributed by atoms with Crippen LogP contribution in [-0.2, 0) is 4.79 Å². The normalized spacial score (nSPS) is 23.7. The van der Waals surface area contributed by atoms with Gasteiger partial charge in [-0.3, -0.25) is 14.7 Å². The van der Waals surface area contributed by atoms with Gasteiger partial charge in [0.25, 0.3) is 0 Å². The van der Waals surface area contributed by atoms with E-state index in [1.54, 1.807) is 4.90 Å². The molecule has 4 nitrogen and oxygen atoms in total. The van der Waals surface area contributed by atoms with Gasteiger partial charge in [-0.15, -0.1) is 0 Å². The molecule has 2 aliphatic rings. The van der Waals surface area contributed by atoms with Gasteiger partial charge in [0.15, 0.2) is 5.17 Å². The van der Waals surface area contributed by atoms with Crippen molar-refractivity contribution >= 4 is 22.8 Å². The molecule has 2 aliphatic heterocycles. The number of fused-ring (bicyclic) bond motifs is 1. The fourth-order valence-corrected chi connectivity index (χ4v) is 2.09. The van der Waals surface area contributed by atoms with Crippen molar-refractivity contribution in [2.45, 2.75) is 0 Å². The van der Waals surface area contributed by atoms with Gasteiger partial charge in [-0.2, -0.15) is 5.10 Å². The summed E-state index contributed by atoms with van der Waals surface area (Å²) in [5, 5.41) is 6.95. The highest BCUT2D eigenvalue weighted by Gasteiger charge is 2.30. The fraction of sp³-hybridized carbons (Fsp3) is 0.667. The monoisotopic (exact) mass is 171 g/mol. The Balaban J connectivity index is 2.24. The third-order valence-corrected chi connectivity index (χ3v) is 2.71. The average molecular weight is 171 g/mol. The molecule has 0 aliphatic carbocycles. The molecule has 1 saturated heterocycles. The van der Waals surface area contributed by atoms with Crippen LogP contribution in [0.4, 0.5) is 0 Å². The molecular weight excluding hydrogens is 162 g/mol. The summed E-state index contributed by atoms with van der Waals surface area (Å²) in [6, 6.07) is 0. The second kappa shape index (κ2) is 2.41. The SMILES string of the molecule is CN1CCN2C(=O)CSC2=N1. The number of amidine groups is 1. The molecule has 2 heterocycles. The summed E-state index contributed by atoms with van der Waals surface area (Å²) in [6.07, 6.45) is 0. The van der Waals surface area contributed by atoms with E-state index in [1.807, 2.05) is 12.1 Å². The van der Waals surface area contributed by atoms with E-state index in [-0.39, 0.29) is 5.91 Å². The molecule has 2 rings (SSSR count). The number of nitrogens with zero attached hydrogens (tertiary/aromatic N) is 3. The van der Waals surface area contributed by atoms with Crippen LogP contribution in [-0.4, -0.2) is 46.9 Å². The molecular formula is C6H9N3OS. The lowest BCUT2D eigenvalue weighted by molar-refractivity contribution is -0.124. The third kappa shape index (κ3) is 1.09. The highest BCUT2D eigenvalue weighted by Crippen LogP contribution is 2.21. The van der Waals surface area contributed by atoms with Crippen LogP contribution in [0.1, 0.15) is 0 Å². The molecule has 0 aromatic carbocycles. The molecule has 0 atom stereocenters. The number of thioether (sulfide) groups is 1. The van der Waals surface area contributed by atoms with Crippen LogP contribution in [0.5, 0.6) is 0 Å². The van der Waals surface area contributed by atoms with Crippen molar-refractivity contribution in [1.29, 1.82) is 0 Å². The molecule has 1 fully saturated rings. The molecule has 60 valence electrons. The Bertz CT molecular complexity index is 228. The van der Waals surface area contributed by atoms with E-state index in [1.165, 1.54) is 11.8 Å². The first-order valence-electron chi connectivity index (χ1n) is 3.50. The first-order chi connectivity index (χ1) is 5.27. The smallest absolute Gasteiger partial charge is 0.239 e. The Morgan fingerprint density at radius 1 is 1.55 bits per heavy atom. The minimum Gasteiger partial charge on any atom is -0.296 e. The van der Waals surface area contributed by atoms with Gasteiger partial charge in [0.05, 0.1) is 12.3 Å². The lowest BCUT2D eigenvalue weighted by Gasteiger charge is -2.25. The first-order valence-corrected chi connectivity index (χ1v) is 4.49. The van der Waals surface area contributed by atoms with Gasteiger partial charge in [-0.1, -0.05) is 11.8 Å². The van der Waals surface area contributed by atoms with E-state index >= 15 is 0 Å². The minimum atomic E-state index is 0.196. The standard InChI is InChI=1S/C6H9N3OS/c1-8-2-3-9-5(10)4-11-6(9)7-8/h2-4H2,1H3. The van der Waals surface area contributed by atoms with Crippen LogP contribution in [0.25, 0.3) is 0 Å². The summed E-state index contributed by atoms with van der Waals surface area (Å²) in [6.45, 7) is 1.64. The Labute approximate surface area is 69.2 Å². The van der Waals surface area contributed by atoms with Crippen molar-refractivity contribution in [3.8, 4) is 0 Å². The van der Waals surface area contributed by atoms with Crippen LogP contribution in [0.15, 0.2) is 5.10 Å². The van der Waals surface area contributed by atoms with Crippen LogP contribution < -0.4 is 0 Å². The number of amides is 1. The van der Waals surface area contributed by atoms with Crippen LogP contribution in [0.3, 0.4) is 0 Å². The lowest BCUT2D eigenvalue weighted by atomic mass is 10.5. The van der Waals surface area contributed by atoms with E-state index in [2.05, 4.69) is 5.10 Å². The number of hydrogen-bond acceptors (Lipinski definition) is 4. The molecule has 0 aromatic heterocycles. The predicted octanol–water partition coefficient (Wildman–Crippen LogP) is -0.222. The van der Waals surface area contributed by atoms with Crippen molar-refractivity contribution in [1.82, 2.24) is 9.91 Å². The Morgan fingerprint density at radius 2 is 2.36 bits per heavy atom. The predicted molar refractivity (Wildman–Crippen MR) is 44.2 cm³/mol. The van der Waals surface area contributed by atoms with Crippen molar-refractivity contribution in [3.63, 3.8) is 0 Å². The minimum absolute atomic E-state index is 0.196. The second-order valence-corrected chi connectivity index (χ2v) is 3.54. The van der Waals surface area contributed by atoms with E-state index in [0.717, 1.165) is 18.3 Å². The summed E-state index contributed by atoms with van der Waals surface area (Å²) in [5.41, 5.74) is 0. The van der Waals surface area contributed by atoms with E-state index < -0.39 is 0 Å². The van der Waals surface area contributed by atoms with Gasteiger partial charge >= 0.3 is 0 Å². The third-order valence-electron chi connectivity index (χ3n) is 1.76. The van der Waals surface area contributed by atoms with Crippen molar-refractivity contribution in [2.24, 2.45) is 5.10 Å². The maximum absolute atomic E-state index is 11.1. The summed E-state index contributed by atoms with van der Waals surface area (Å²) in [4.78, 5) is 12.9. The van der Waals surface area contributed by atoms with Crippen molar-refractivity contribution < 1.29 is 4.79 Å². The van der Waals surface area contributed by atoms with E-state index in [0.29, 0.717) is 5.75 Å². The molecule has 0 radical (unpaired) electrons. The highest BCUT2D eigenvalue weighted by atomic mass is 32.2. The van der Waals surface area contributed by atoms with Gasteiger partial charge in [-0.25, -0.2) is 0 Å². The largest absolute Gasteiger partial charge is 0.296 e. The summed E-state index contributed by atoms with van der Waals surface area (Å²) in [5.74, 6) is 0.758. The molecule has 0 aromatic rings. The van der Waals surface area contributed by atoms with E-state index in [9.17, 15) is 4.79 Å². The second-order valence-electron chi connectivity index (χ2n) is 2.60. The maximum atomic E-state index is 11.1. The van der Waals surface area contributed by atoms with E-state index in [4.69, 9.17) is 0 Å². The zero-order chi connectivity index (χ0) is 7.84. The molecule has 5 heteroatoms. The topological polar surface area (TPSA) is 35.9 Å². The Morgan fingerprint density at radius 3 is 3.18 bits per heavy atom. The summed E-state index contributed by atoms with van der Waals surface area (Å²) < 4.78 is 0. The molecule has 0 bridgehead atoms. The van der Waals surface area contributed by atoms with Gasteiger partial charge in [-0.05, 0) is 0 Å². The summed E-state index contributed by atoms with van der Waals surface area (Å²) >= 11 is 1.52. The number of hydrogen-bond donors (Lipinski definition) is 0. The molecule has 0 saturated carbocycles.